The Hall–Kier alpha value is -2.97. The van der Waals surface area contributed by atoms with E-state index >= 15 is 0 Å². The molecule has 9 nitrogen and oxygen atoms in total. The van der Waals surface area contributed by atoms with E-state index in [-0.39, 0.29) is 12.1 Å². The van der Waals surface area contributed by atoms with Crippen molar-refractivity contribution in [2.45, 2.75) is 6.54 Å². The highest BCUT2D eigenvalue weighted by Gasteiger charge is 2.18. The third-order valence-corrected chi connectivity index (χ3v) is 2.62. The number of carbonyl (C=O) groups excluding carboxylic acids is 1. The SMILES string of the molecule is CN(Cc1ncn[nH]1)C(=O)c1ccc([N+](=O)[O-])c(O)c1. The number of aromatic amines is 1. The monoisotopic (exact) mass is 277 g/mol. The number of phenols is 1. The molecule has 2 rings (SSSR count). The normalized spacial score (nSPS) is 10.2. The largest absolute Gasteiger partial charge is 0.502 e. The molecule has 1 aromatic carbocycles. The minimum Gasteiger partial charge on any atom is -0.502 e. The molecule has 104 valence electrons. The zero-order valence-corrected chi connectivity index (χ0v) is 10.5. The predicted molar refractivity (Wildman–Crippen MR) is 66.9 cm³/mol. The minimum atomic E-state index is -0.720. The average Bonchev–Trinajstić information content (AvgIpc) is 2.90. The van der Waals surface area contributed by atoms with Crippen molar-refractivity contribution in [2.75, 3.05) is 7.05 Å². The van der Waals surface area contributed by atoms with Gasteiger partial charge in [0.05, 0.1) is 11.5 Å². The number of benzene rings is 1. The maximum Gasteiger partial charge on any atom is 0.310 e. The van der Waals surface area contributed by atoms with Gasteiger partial charge < -0.3 is 10.0 Å². The molecule has 0 unspecified atom stereocenters. The third-order valence-electron chi connectivity index (χ3n) is 2.62. The predicted octanol–water partition coefficient (Wildman–Crippen LogP) is 0.691. The number of nitrogens with zero attached hydrogens (tertiary/aromatic N) is 4. The van der Waals surface area contributed by atoms with E-state index in [1.165, 1.54) is 17.3 Å². The Kier molecular flexibility index (Phi) is 3.60. The fourth-order valence-electron chi connectivity index (χ4n) is 1.63. The Bertz CT molecular complexity index is 640. The maximum atomic E-state index is 12.1. The smallest absolute Gasteiger partial charge is 0.310 e. The summed E-state index contributed by atoms with van der Waals surface area (Å²) in [7, 11) is 1.54. The Balaban J connectivity index is 2.16. The molecule has 0 aliphatic heterocycles. The van der Waals surface area contributed by atoms with Gasteiger partial charge in [-0.3, -0.25) is 20.0 Å². The summed E-state index contributed by atoms with van der Waals surface area (Å²) in [6.07, 6.45) is 1.32. The summed E-state index contributed by atoms with van der Waals surface area (Å²) in [5, 5.41) is 26.4. The molecule has 0 atom stereocenters. The van der Waals surface area contributed by atoms with E-state index in [1.54, 1.807) is 7.05 Å². The van der Waals surface area contributed by atoms with Crippen molar-refractivity contribution in [1.29, 1.82) is 0 Å². The summed E-state index contributed by atoms with van der Waals surface area (Å²) >= 11 is 0. The Labute approximate surface area is 113 Å². The zero-order chi connectivity index (χ0) is 14.7. The first-order valence-electron chi connectivity index (χ1n) is 5.56. The fourth-order valence-corrected chi connectivity index (χ4v) is 1.63. The van der Waals surface area contributed by atoms with Gasteiger partial charge >= 0.3 is 5.69 Å². The lowest BCUT2D eigenvalue weighted by Gasteiger charge is -2.15. The molecule has 0 spiro atoms. The standard InChI is InChI=1S/C11H11N5O4/c1-15(5-10-12-6-13-14-10)11(18)7-2-3-8(16(19)20)9(17)4-7/h2-4,6,17H,5H2,1H3,(H,12,13,14). The first-order valence-corrected chi connectivity index (χ1v) is 5.56. The van der Waals surface area contributed by atoms with Gasteiger partial charge in [-0.1, -0.05) is 0 Å². The summed E-state index contributed by atoms with van der Waals surface area (Å²) < 4.78 is 0. The van der Waals surface area contributed by atoms with Gasteiger partial charge in [0.2, 0.25) is 0 Å². The number of carbonyl (C=O) groups is 1. The average molecular weight is 277 g/mol. The van der Waals surface area contributed by atoms with Crippen molar-refractivity contribution in [2.24, 2.45) is 0 Å². The van der Waals surface area contributed by atoms with Crippen LogP contribution in [0.25, 0.3) is 0 Å². The number of hydrogen-bond donors (Lipinski definition) is 2. The van der Waals surface area contributed by atoms with Crippen LogP contribution in [0.1, 0.15) is 16.2 Å². The van der Waals surface area contributed by atoms with Crippen molar-refractivity contribution in [3.05, 3.63) is 46.0 Å². The third kappa shape index (κ3) is 2.71. The number of amides is 1. The topological polar surface area (TPSA) is 125 Å². The zero-order valence-electron chi connectivity index (χ0n) is 10.5. The molecular weight excluding hydrogens is 266 g/mol. The number of aromatic nitrogens is 3. The molecule has 0 radical (unpaired) electrons. The number of H-pyrrole nitrogens is 1. The number of nitro benzene ring substituents is 1. The summed E-state index contributed by atoms with van der Waals surface area (Å²) in [5.74, 6) is -0.438. The number of rotatable bonds is 4. The van der Waals surface area contributed by atoms with E-state index in [0.717, 1.165) is 12.1 Å². The van der Waals surface area contributed by atoms with Crippen molar-refractivity contribution in [3.63, 3.8) is 0 Å². The van der Waals surface area contributed by atoms with E-state index in [1.807, 2.05) is 0 Å². The van der Waals surface area contributed by atoms with Crippen LogP contribution in [0.2, 0.25) is 0 Å². The van der Waals surface area contributed by atoms with Crippen LogP contribution in [0, 0.1) is 10.1 Å². The highest BCUT2D eigenvalue weighted by molar-refractivity contribution is 5.94. The molecular formula is C11H11N5O4. The van der Waals surface area contributed by atoms with Gasteiger partial charge in [-0.2, -0.15) is 5.10 Å². The summed E-state index contributed by atoms with van der Waals surface area (Å²) in [5.41, 5.74) is -0.297. The van der Waals surface area contributed by atoms with Crippen LogP contribution in [0.5, 0.6) is 5.75 Å². The molecule has 0 aliphatic carbocycles. The summed E-state index contributed by atoms with van der Waals surface area (Å²) in [6.45, 7) is 0.205. The second-order valence-electron chi connectivity index (χ2n) is 4.05. The lowest BCUT2D eigenvalue weighted by molar-refractivity contribution is -0.385. The molecule has 1 heterocycles. The molecule has 1 amide bonds. The second-order valence-corrected chi connectivity index (χ2v) is 4.05. The van der Waals surface area contributed by atoms with E-state index in [9.17, 15) is 20.0 Å². The van der Waals surface area contributed by atoms with Gasteiger partial charge in [0.25, 0.3) is 5.91 Å². The van der Waals surface area contributed by atoms with Crippen LogP contribution >= 0.6 is 0 Å². The van der Waals surface area contributed by atoms with Crippen LogP contribution in [0.3, 0.4) is 0 Å². The molecule has 9 heteroatoms. The van der Waals surface area contributed by atoms with Gasteiger partial charge in [0, 0.05) is 18.7 Å². The molecule has 0 bridgehead atoms. The molecule has 0 fully saturated rings. The molecule has 2 N–H and O–H groups in total. The first-order chi connectivity index (χ1) is 9.49. The Morgan fingerprint density at radius 3 is 2.85 bits per heavy atom. The molecule has 2 aromatic rings. The van der Waals surface area contributed by atoms with E-state index in [4.69, 9.17) is 0 Å². The number of nitrogens with one attached hydrogen (secondary N) is 1. The van der Waals surface area contributed by atoms with Crippen LogP contribution in [0.4, 0.5) is 5.69 Å². The minimum absolute atomic E-state index is 0.148. The number of nitro groups is 1. The fraction of sp³-hybridized carbons (Fsp3) is 0.182. The highest BCUT2D eigenvalue weighted by atomic mass is 16.6. The summed E-state index contributed by atoms with van der Waals surface area (Å²) in [4.78, 5) is 27.2. The lowest BCUT2D eigenvalue weighted by Crippen LogP contribution is -2.26. The molecule has 0 saturated heterocycles. The molecule has 0 aliphatic rings. The van der Waals surface area contributed by atoms with Crippen molar-refractivity contribution in [3.8, 4) is 5.75 Å². The molecule has 0 saturated carbocycles. The van der Waals surface area contributed by atoms with E-state index in [0.29, 0.717) is 5.82 Å². The van der Waals surface area contributed by atoms with Crippen molar-refractivity contribution >= 4 is 11.6 Å². The molecule has 1 aromatic heterocycles. The van der Waals surface area contributed by atoms with E-state index in [2.05, 4.69) is 15.2 Å². The van der Waals surface area contributed by atoms with Gasteiger partial charge in [-0.05, 0) is 12.1 Å². The molecule has 20 heavy (non-hydrogen) atoms. The Morgan fingerprint density at radius 1 is 1.55 bits per heavy atom. The van der Waals surface area contributed by atoms with Gasteiger partial charge in [-0.15, -0.1) is 0 Å². The number of hydrogen-bond acceptors (Lipinski definition) is 6. The lowest BCUT2D eigenvalue weighted by atomic mass is 10.1. The van der Waals surface area contributed by atoms with Crippen molar-refractivity contribution in [1.82, 2.24) is 20.1 Å². The van der Waals surface area contributed by atoms with Gasteiger partial charge in [-0.25, -0.2) is 4.98 Å². The van der Waals surface area contributed by atoms with Gasteiger partial charge in [0.15, 0.2) is 5.75 Å². The van der Waals surface area contributed by atoms with Gasteiger partial charge in [0.1, 0.15) is 12.2 Å². The first kappa shape index (κ1) is 13.5. The van der Waals surface area contributed by atoms with Crippen molar-refractivity contribution < 1.29 is 14.8 Å². The van der Waals surface area contributed by atoms with Crippen LogP contribution in [0.15, 0.2) is 24.5 Å². The maximum absolute atomic E-state index is 12.1. The number of phenolic OH excluding ortho intramolecular Hbond substituents is 1. The number of aromatic hydroxyl groups is 1. The second kappa shape index (κ2) is 5.34. The van der Waals surface area contributed by atoms with E-state index < -0.39 is 22.3 Å². The van der Waals surface area contributed by atoms with Crippen LogP contribution in [-0.2, 0) is 6.54 Å². The quantitative estimate of drug-likeness (QED) is 0.625. The highest BCUT2D eigenvalue weighted by Crippen LogP contribution is 2.26. The van der Waals surface area contributed by atoms with Crippen LogP contribution < -0.4 is 0 Å². The van der Waals surface area contributed by atoms with Crippen LogP contribution in [-0.4, -0.2) is 43.1 Å². The summed E-state index contributed by atoms with van der Waals surface area (Å²) in [6, 6.07) is 3.44. The Morgan fingerprint density at radius 2 is 2.30 bits per heavy atom.